The van der Waals surface area contributed by atoms with E-state index in [-0.39, 0.29) is 10.6 Å². The molecule has 152 valence electrons. The summed E-state index contributed by atoms with van der Waals surface area (Å²) in [6.07, 6.45) is 3.28. The second kappa shape index (κ2) is 6.21. The Bertz CT molecular complexity index is 1360. The van der Waals surface area contributed by atoms with E-state index < -0.39 is 14.6 Å². The molecule has 3 aromatic heterocycles. The van der Waals surface area contributed by atoms with Gasteiger partial charge in [-0.2, -0.15) is 0 Å². The SMILES string of the molecule is COc1cc2ncc(-c3ccc4c(c3)nc(N)n4C)n2cc1S(=O)(=O)C(C)(C)C. The lowest BCUT2D eigenvalue weighted by Crippen LogP contribution is -2.28. The Kier molecular flexibility index (Phi) is 4.13. The fraction of sp³-hybridized carbons (Fsp3) is 0.300. The first-order chi connectivity index (χ1) is 13.5. The van der Waals surface area contributed by atoms with Gasteiger partial charge in [0, 0.05) is 24.9 Å². The Morgan fingerprint density at radius 1 is 1.17 bits per heavy atom. The lowest BCUT2D eigenvalue weighted by atomic mass is 10.1. The van der Waals surface area contributed by atoms with Crippen molar-refractivity contribution in [2.75, 3.05) is 12.8 Å². The number of methoxy groups -OCH3 is 1. The molecule has 9 heteroatoms. The minimum atomic E-state index is -3.63. The van der Waals surface area contributed by atoms with Crippen molar-refractivity contribution in [3.05, 3.63) is 36.7 Å². The van der Waals surface area contributed by atoms with Crippen LogP contribution in [-0.2, 0) is 16.9 Å². The number of aromatic nitrogens is 4. The van der Waals surface area contributed by atoms with Crippen LogP contribution in [0, 0.1) is 0 Å². The maximum absolute atomic E-state index is 13.1. The first kappa shape index (κ1) is 19.3. The fourth-order valence-corrected chi connectivity index (χ4v) is 4.58. The molecule has 1 aromatic carbocycles. The minimum Gasteiger partial charge on any atom is -0.495 e. The molecule has 8 nitrogen and oxygen atoms in total. The number of sulfone groups is 1. The van der Waals surface area contributed by atoms with E-state index in [1.807, 2.05) is 29.8 Å². The molecule has 2 N–H and O–H groups in total. The molecule has 0 atom stereocenters. The quantitative estimate of drug-likeness (QED) is 0.553. The molecule has 0 aliphatic rings. The molecule has 0 spiro atoms. The van der Waals surface area contributed by atoms with Gasteiger partial charge < -0.3 is 15.0 Å². The Morgan fingerprint density at radius 2 is 1.90 bits per heavy atom. The number of aryl methyl sites for hydroxylation is 1. The predicted octanol–water partition coefficient (Wildman–Crippen LogP) is 3.05. The maximum Gasteiger partial charge on any atom is 0.200 e. The molecule has 4 rings (SSSR count). The zero-order chi connectivity index (χ0) is 21.1. The number of fused-ring (bicyclic) bond motifs is 2. The van der Waals surface area contributed by atoms with Gasteiger partial charge in [0.1, 0.15) is 16.3 Å². The minimum absolute atomic E-state index is 0.127. The molecule has 0 radical (unpaired) electrons. The highest BCUT2D eigenvalue weighted by molar-refractivity contribution is 7.92. The average Bonchev–Trinajstić information content (AvgIpc) is 3.19. The van der Waals surface area contributed by atoms with Gasteiger partial charge in [-0.25, -0.2) is 18.4 Å². The van der Waals surface area contributed by atoms with Gasteiger partial charge in [-0.3, -0.25) is 4.40 Å². The summed E-state index contributed by atoms with van der Waals surface area (Å²) in [4.78, 5) is 8.93. The number of anilines is 1. The zero-order valence-corrected chi connectivity index (χ0v) is 17.8. The maximum atomic E-state index is 13.1. The van der Waals surface area contributed by atoms with Crippen LogP contribution < -0.4 is 10.5 Å². The first-order valence-electron chi connectivity index (χ1n) is 9.06. The van der Waals surface area contributed by atoms with Crippen LogP contribution >= 0.6 is 0 Å². The number of hydrogen-bond donors (Lipinski definition) is 1. The van der Waals surface area contributed by atoms with E-state index in [1.165, 1.54) is 7.11 Å². The second-order valence-corrected chi connectivity index (χ2v) is 10.6. The topological polar surface area (TPSA) is 105 Å². The molecule has 0 saturated heterocycles. The molecule has 3 heterocycles. The molecule has 29 heavy (non-hydrogen) atoms. The monoisotopic (exact) mass is 413 g/mol. The fourth-order valence-electron chi connectivity index (χ4n) is 3.27. The average molecular weight is 414 g/mol. The number of nitrogen functional groups attached to an aromatic ring is 1. The third-order valence-corrected chi connectivity index (χ3v) is 7.60. The molecular formula is C20H23N5O3S. The summed E-state index contributed by atoms with van der Waals surface area (Å²) in [5.41, 5.74) is 9.77. The summed E-state index contributed by atoms with van der Waals surface area (Å²) < 4.78 is 34.2. The van der Waals surface area contributed by atoms with Crippen molar-refractivity contribution in [3.8, 4) is 17.0 Å². The third-order valence-electron chi connectivity index (χ3n) is 5.10. The van der Waals surface area contributed by atoms with Gasteiger partial charge in [-0.15, -0.1) is 0 Å². The van der Waals surface area contributed by atoms with E-state index in [0.717, 1.165) is 22.3 Å². The Hall–Kier alpha value is -3.07. The first-order valence-corrected chi connectivity index (χ1v) is 10.5. The van der Waals surface area contributed by atoms with Gasteiger partial charge in [-0.1, -0.05) is 6.07 Å². The van der Waals surface area contributed by atoms with E-state index in [4.69, 9.17) is 10.5 Å². The van der Waals surface area contributed by atoms with Crippen molar-refractivity contribution in [2.45, 2.75) is 30.4 Å². The van der Waals surface area contributed by atoms with Crippen LogP contribution in [0.4, 0.5) is 5.95 Å². The summed E-state index contributed by atoms with van der Waals surface area (Å²) in [5.74, 6) is 0.705. The molecule has 0 amide bonds. The number of ether oxygens (including phenoxy) is 1. The van der Waals surface area contributed by atoms with Gasteiger partial charge in [-0.05, 0) is 32.9 Å². The van der Waals surface area contributed by atoms with Gasteiger partial charge in [0.05, 0.1) is 34.8 Å². The van der Waals surface area contributed by atoms with Crippen LogP contribution in [0.3, 0.4) is 0 Å². The van der Waals surface area contributed by atoms with Crippen molar-refractivity contribution in [1.29, 1.82) is 0 Å². The lowest BCUT2D eigenvalue weighted by Gasteiger charge is -2.21. The number of imidazole rings is 2. The number of pyridine rings is 1. The van der Waals surface area contributed by atoms with E-state index in [1.54, 1.807) is 43.6 Å². The zero-order valence-electron chi connectivity index (χ0n) is 17.0. The van der Waals surface area contributed by atoms with E-state index in [0.29, 0.717) is 11.6 Å². The predicted molar refractivity (Wildman–Crippen MR) is 113 cm³/mol. The molecule has 0 fully saturated rings. The third kappa shape index (κ3) is 2.84. The molecule has 4 aromatic rings. The molecule has 0 unspecified atom stereocenters. The van der Waals surface area contributed by atoms with Crippen molar-refractivity contribution < 1.29 is 13.2 Å². The number of nitrogens with zero attached hydrogens (tertiary/aromatic N) is 4. The van der Waals surface area contributed by atoms with Crippen molar-refractivity contribution >= 4 is 32.5 Å². The molecule has 0 aliphatic heterocycles. The number of rotatable bonds is 3. The van der Waals surface area contributed by atoms with Gasteiger partial charge in [0.2, 0.25) is 5.95 Å². The van der Waals surface area contributed by atoms with Crippen molar-refractivity contribution in [2.24, 2.45) is 7.05 Å². The van der Waals surface area contributed by atoms with Gasteiger partial charge in [0.15, 0.2) is 9.84 Å². The number of benzene rings is 1. The molecule has 0 bridgehead atoms. The van der Waals surface area contributed by atoms with Crippen LogP contribution in [0.1, 0.15) is 20.8 Å². The second-order valence-electron chi connectivity index (χ2n) is 7.93. The summed E-state index contributed by atoms with van der Waals surface area (Å²) >= 11 is 0. The number of hydrogen-bond acceptors (Lipinski definition) is 6. The van der Waals surface area contributed by atoms with Crippen molar-refractivity contribution in [3.63, 3.8) is 0 Å². The molecule has 0 aliphatic carbocycles. The van der Waals surface area contributed by atoms with E-state index in [2.05, 4.69) is 9.97 Å². The highest BCUT2D eigenvalue weighted by Gasteiger charge is 2.34. The summed E-state index contributed by atoms with van der Waals surface area (Å²) in [6, 6.07) is 7.43. The van der Waals surface area contributed by atoms with Crippen LogP contribution in [0.15, 0.2) is 41.6 Å². The van der Waals surface area contributed by atoms with Gasteiger partial charge >= 0.3 is 0 Å². The normalized spacial score (nSPS) is 12.7. The van der Waals surface area contributed by atoms with Gasteiger partial charge in [0.25, 0.3) is 0 Å². The Labute approximate surface area is 168 Å². The highest BCUT2D eigenvalue weighted by atomic mass is 32.2. The van der Waals surface area contributed by atoms with Crippen LogP contribution in [0.25, 0.3) is 27.9 Å². The summed E-state index contributed by atoms with van der Waals surface area (Å²) in [6.45, 7) is 5.00. The Balaban J connectivity index is 1.97. The smallest absolute Gasteiger partial charge is 0.200 e. The summed E-state index contributed by atoms with van der Waals surface area (Å²) in [7, 11) is -0.320. The van der Waals surface area contributed by atoms with E-state index in [9.17, 15) is 8.42 Å². The molecular weight excluding hydrogens is 390 g/mol. The lowest BCUT2D eigenvalue weighted by molar-refractivity contribution is 0.401. The largest absolute Gasteiger partial charge is 0.495 e. The highest BCUT2D eigenvalue weighted by Crippen LogP contribution is 2.34. The Morgan fingerprint density at radius 3 is 2.55 bits per heavy atom. The molecule has 0 saturated carbocycles. The van der Waals surface area contributed by atoms with E-state index >= 15 is 0 Å². The van der Waals surface area contributed by atoms with Crippen LogP contribution in [-0.4, -0.2) is 39.2 Å². The number of nitrogens with two attached hydrogens (primary N) is 1. The van der Waals surface area contributed by atoms with Crippen molar-refractivity contribution in [1.82, 2.24) is 18.9 Å². The summed E-state index contributed by atoms with van der Waals surface area (Å²) in [5, 5.41) is 0. The van der Waals surface area contributed by atoms with Crippen LogP contribution in [0.2, 0.25) is 0 Å². The van der Waals surface area contributed by atoms with Crippen LogP contribution in [0.5, 0.6) is 5.75 Å². The standard InChI is InChI=1S/C20H23N5O3S/c1-20(2,3)29(26,27)17-11-25-15(10-22-18(25)9-16(17)28-5)12-6-7-14-13(8-12)23-19(21)24(14)4/h6-11H,1-5H3,(H2,21,23).